The highest BCUT2D eigenvalue weighted by Crippen LogP contribution is 1.99. The summed E-state index contributed by atoms with van der Waals surface area (Å²) < 4.78 is 0. The van der Waals surface area contributed by atoms with E-state index >= 15 is 0 Å². The van der Waals surface area contributed by atoms with Crippen LogP contribution in [0.25, 0.3) is 0 Å². The van der Waals surface area contributed by atoms with Crippen molar-refractivity contribution < 1.29 is 5.21 Å². The average molecular weight is 209 g/mol. The molecule has 0 aliphatic carbocycles. The van der Waals surface area contributed by atoms with Crippen molar-refractivity contribution in [2.45, 2.75) is 6.92 Å². The van der Waals surface area contributed by atoms with Crippen LogP contribution in [0.15, 0.2) is 35.4 Å². The predicted molar refractivity (Wildman–Crippen MR) is 59.3 cm³/mol. The van der Waals surface area contributed by atoms with E-state index in [0.717, 1.165) is 11.3 Å². The van der Waals surface area contributed by atoms with E-state index in [1.54, 1.807) is 5.48 Å². The number of hydrogen-bond acceptors (Lipinski definition) is 3. The van der Waals surface area contributed by atoms with Crippen molar-refractivity contribution in [3.63, 3.8) is 0 Å². The van der Waals surface area contributed by atoms with Gasteiger partial charge in [0.15, 0.2) is 0 Å². The molecule has 0 fully saturated rings. The van der Waals surface area contributed by atoms with E-state index in [1.807, 2.05) is 37.3 Å². The van der Waals surface area contributed by atoms with E-state index in [1.165, 1.54) is 0 Å². The first kappa shape index (κ1) is 10.6. The Labute approximate surface area is 87.6 Å². The van der Waals surface area contributed by atoms with Crippen molar-refractivity contribution in [1.29, 1.82) is 0 Å². The summed E-state index contributed by atoms with van der Waals surface area (Å²) in [5, 5.41) is 12.4. The first-order valence-electron chi connectivity index (χ1n) is 4.04. The zero-order valence-corrected chi connectivity index (χ0v) is 8.51. The summed E-state index contributed by atoms with van der Waals surface area (Å²) in [7, 11) is 0. The summed E-state index contributed by atoms with van der Waals surface area (Å²) in [6.45, 7) is 1.85. The molecule has 0 atom stereocenters. The minimum atomic E-state index is 0.0697. The Kier molecular flexibility index (Phi) is 4.03. The molecule has 0 spiro atoms. The third kappa shape index (κ3) is 3.12. The van der Waals surface area contributed by atoms with Gasteiger partial charge in [0.2, 0.25) is 5.11 Å². The average Bonchev–Trinajstić information content (AvgIpc) is 2.26. The van der Waals surface area contributed by atoms with Crippen molar-refractivity contribution in [3.8, 4) is 0 Å². The lowest BCUT2D eigenvalue weighted by Gasteiger charge is -2.02. The zero-order valence-electron chi connectivity index (χ0n) is 7.69. The highest BCUT2D eigenvalue weighted by molar-refractivity contribution is 7.80. The Hall–Kier alpha value is -1.46. The molecule has 0 saturated carbocycles. The molecule has 0 aliphatic heterocycles. The molecule has 74 valence electrons. The highest BCUT2D eigenvalue weighted by Gasteiger charge is 1.95. The predicted octanol–water partition coefficient (Wildman–Crippen LogP) is 1.26. The van der Waals surface area contributed by atoms with Crippen LogP contribution in [-0.4, -0.2) is 16.0 Å². The summed E-state index contributed by atoms with van der Waals surface area (Å²) in [4.78, 5) is 0. The van der Waals surface area contributed by atoms with Gasteiger partial charge in [-0.1, -0.05) is 30.3 Å². The molecule has 14 heavy (non-hydrogen) atoms. The molecule has 0 bridgehead atoms. The third-order valence-corrected chi connectivity index (χ3v) is 1.80. The number of hydrazone groups is 1. The molecular weight excluding hydrogens is 198 g/mol. The van der Waals surface area contributed by atoms with Gasteiger partial charge in [0.1, 0.15) is 0 Å². The third-order valence-electron chi connectivity index (χ3n) is 1.62. The van der Waals surface area contributed by atoms with E-state index in [0.29, 0.717) is 0 Å². The van der Waals surface area contributed by atoms with Gasteiger partial charge in [-0.05, 0) is 24.7 Å². The van der Waals surface area contributed by atoms with Crippen molar-refractivity contribution >= 4 is 23.0 Å². The van der Waals surface area contributed by atoms with Gasteiger partial charge in [-0.25, -0.2) is 5.48 Å². The van der Waals surface area contributed by atoms with Crippen LogP contribution in [0.2, 0.25) is 0 Å². The van der Waals surface area contributed by atoms with Gasteiger partial charge in [0.05, 0.1) is 5.71 Å². The van der Waals surface area contributed by atoms with Gasteiger partial charge >= 0.3 is 0 Å². The van der Waals surface area contributed by atoms with Gasteiger partial charge in [-0.2, -0.15) is 5.10 Å². The van der Waals surface area contributed by atoms with Crippen LogP contribution in [0.4, 0.5) is 0 Å². The van der Waals surface area contributed by atoms with Gasteiger partial charge in [0, 0.05) is 0 Å². The Morgan fingerprint density at radius 1 is 1.36 bits per heavy atom. The van der Waals surface area contributed by atoms with Gasteiger partial charge in [-0.15, -0.1) is 0 Å². The highest BCUT2D eigenvalue weighted by atomic mass is 32.1. The van der Waals surface area contributed by atoms with E-state index < -0.39 is 0 Å². The molecule has 5 heteroatoms. The number of nitrogens with zero attached hydrogens (tertiary/aromatic N) is 1. The standard InChI is InChI=1S/C9H11N3OS/c1-7(10-11-9(14)12-13)8-5-3-2-4-6-8/h2-6,13H,1H3,(H2,11,12,14)/b10-7+. The van der Waals surface area contributed by atoms with Crippen molar-refractivity contribution in [2.24, 2.45) is 5.10 Å². The molecule has 3 N–H and O–H groups in total. The maximum absolute atomic E-state index is 8.40. The molecule has 0 saturated heterocycles. The van der Waals surface area contributed by atoms with E-state index in [-0.39, 0.29) is 5.11 Å². The summed E-state index contributed by atoms with van der Waals surface area (Å²) in [5.74, 6) is 0. The molecule has 0 radical (unpaired) electrons. The summed E-state index contributed by atoms with van der Waals surface area (Å²) >= 11 is 4.64. The lowest BCUT2D eigenvalue weighted by molar-refractivity contribution is 0.233. The quantitative estimate of drug-likeness (QED) is 0.390. The number of rotatable bonds is 2. The van der Waals surface area contributed by atoms with Crippen LogP contribution >= 0.6 is 12.2 Å². The maximum atomic E-state index is 8.40. The van der Waals surface area contributed by atoms with Crippen LogP contribution in [0.5, 0.6) is 0 Å². The topological polar surface area (TPSA) is 56.7 Å². The fourth-order valence-electron chi connectivity index (χ4n) is 0.904. The number of hydroxylamine groups is 1. The second-order valence-electron chi connectivity index (χ2n) is 2.62. The minimum absolute atomic E-state index is 0.0697. The van der Waals surface area contributed by atoms with Gasteiger partial charge in [-0.3, -0.25) is 10.6 Å². The summed E-state index contributed by atoms with van der Waals surface area (Å²) in [6.07, 6.45) is 0. The molecule has 0 unspecified atom stereocenters. The Morgan fingerprint density at radius 3 is 2.57 bits per heavy atom. The Bertz CT molecular complexity index is 337. The second kappa shape index (κ2) is 5.31. The fraction of sp³-hybridized carbons (Fsp3) is 0.111. The normalized spacial score (nSPS) is 10.9. The first-order valence-corrected chi connectivity index (χ1v) is 4.44. The molecular formula is C9H11N3OS. The van der Waals surface area contributed by atoms with Crippen molar-refractivity contribution in [1.82, 2.24) is 10.9 Å². The molecule has 1 rings (SSSR count). The van der Waals surface area contributed by atoms with E-state index in [9.17, 15) is 0 Å². The van der Waals surface area contributed by atoms with Gasteiger partial charge in [0.25, 0.3) is 0 Å². The Balaban J connectivity index is 2.66. The number of thiocarbonyl (C=S) groups is 1. The van der Waals surface area contributed by atoms with E-state index in [4.69, 9.17) is 5.21 Å². The number of hydrogen-bond donors (Lipinski definition) is 3. The van der Waals surface area contributed by atoms with Gasteiger partial charge < -0.3 is 0 Å². The van der Waals surface area contributed by atoms with Crippen LogP contribution in [-0.2, 0) is 0 Å². The first-order chi connectivity index (χ1) is 6.74. The van der Waals surface area contributed by atoms with Crippen molar-refractivity contribution in [3.05, 3.63) is 35.9 Å². The van der Waals surface area contributed by atoms with Crippen LogP contribution < -0.4 is 10.9 Å². The number of benzene rings is 1. The molecule has 4 nitrogen and oxygen atoms in total. The molecule has 0 aliphatic rings. The summed E-state index contributed by atoms with van der Waals surface area (Å²) in [6, 6.07) is 9.67. The summed E-state index contributed by atoms with van der Waals surface area (Å²) in [5.41, 5.74) is 6.07. The lowest BCUT2D eigenvalue weighted by Crippen LogP contribution is -2.29. The molecule has 1 aromatic carbocycles. The van der Waals surface area contributed by atoms with Crippen LogP contribution in [0.3, 0.4) is 0 Å². The van der Waals surface area contributed by atoms with E-state index in [2.05, 4.69) is 22.7 Å². The number of nitrogens with one attached hydrogen (secondary N) is 2. The molecule has 0 heterocycles. The smallest absolute Gasteiger partial charge is 0.211 e. The molecule has 0 aromatic heterocycles. The maximum Gasteiger partial charge on any atom is 0.211 e. The SMILES string of the molecule is C/C(=N\NC(=S)NO)c1ccccc1. The van der Waals surface area contributed by atoms with Crippen molar-refractivity contribution in [2.75, 3.05) is 0 Å². The monoisotopic (exact) mass is 209 g/mol. The molecule has 1 aromatic rings. The van der Waals surface area contributed by atoms with Crippen LogP contribution in [0.1, 0.15) is 12.5 Å². The second-order valence-corrected chi connectivity index (χ2v) is 3.02. The van der Waals surface area contributed by atoms with Crippen LogP contribution in [0, 0.1) is 0 Å². The largest absolute Gasteiger partial charge is 0.289 e. The Morgan fingerprint density at radius 2 is 2.00 bits per heavy atom. The minimum Gasteiger partial charge on any atom is -0.289 e. The zero-order chi connectivity index (χ0) is 10.4. The lowest BCUT2D eigenvalue weighted by atomic mass is 10.1. The molecule has 0 amide bonds. The fourth-order valence-corrected chi connectivity index (χ4v) is 0.949.